The summed E-state index contributed by atoms with van der Waals surface area (Å²) in [5.41, 5.74) is 7.41. The van der Waals surface area contributed by atoms with Crippen LogP contribution in [0.15, 0.2) is 24.3 Å². The Hall–Kier alpha value is -1.59. The molecule has 1 unspecified atom stereocenters. The number of anilines is 1. The van der Waals surface area contributed by atoms with Crippen LogP contribution in [0, 0.1) is 0 Å². The van der Waals surface area contributed by atoms with Crippen LogP contribution in [0.1, 0.15) is 12.5 Å². The van der Waals surface area contributed by atoms with Crippen molar-refractivity contribution in [3.63, 3.8) is 0 Å². The molecule has 1 amide bonds. The third kappa shape index (κ3) is 3.94. The maximum atomic E-state index is 12.1. The lowest BCUT2D eigenvalue weighted by molar-refractivity contribution is -0.127. The van der Waals surface area contributed by atoms with Gasteiger partial charge in [-0.1, -0.05) is 12.1 Å². The van der Waals surface area contributed by atoms with Gasteiger partial charge in [-0.05, 0) is 24.6 Å². The molecule has 1 aliphatic heterocycles. The minimum atomic E-state index is -0.113. The molecule has 1 fully saturated rings. The minimum absolute atomic E-state index is 0.0544. The summed E-state index contributed by atoms with van der Waals surface area (Å²) in [5, 5.41) is 2.95. The first-order chi connectivity index (χ1) is 9.16. The number of amides is 1. The van der Waals surface area contributed by atoms with E-state index in [1.165, 1.54) is 0 Å². The van der Waals surface area contributed by atoms with Crippen LogP contribution < -0.4 is 11.1 Å². The van der Waals surface area contributed by atoms with E-state index in [0.717, 1.165) is 24.3 Å². The molecule has 0 aromatic heterocycles. The Labute approximate surface area is 113 Å². The summed E-state index contributed by atoms with van der Waals surface area (Å²) in [5.74, 6) is 0.0544. The number of nitrogen functional groups attached to an aromatic ring is 1. The van der Waals surface area contributed by atoms with Crippen molar-refractivity contribution in [1.29, 1.82) is 0 Å². The Balaban J connectivity index is 1.81. The molecule has 0 spiro atoms. The summed E-state index contributed by atoms with van der Waals surface area (Å²) in [6.45, 7) is 5.51. The van der Waals surface area contributed by atoms with Crippen LogP contribution >= 0.6 is 0 Å². The molecule has 2 rings (SSSR count). The van der Waals surface area contributed by atoms with E-state index in [1.54, 1.807) is 0 Å². The molecule has 1 aromatic carbocycles. The van der Waals surface area contributed by atoms with E-state index < -0.39 is 0 Å². The topological polar surface area (TPSA) is 67.6 Å². The zero-order chi connectivity index (χ0) is 13.7. The highest BCUT2D eigenvalue weighted by Crippen LogP contribution is 2.06. The number of rotatable bonds is 4. The Morgan fingerprint density at radius 2 is 2.00 bits per heavy atom. The van der Waals surface area contributed by atoms with Crippen molar-refractivity contribution >= 4 is 11.6 Å². The molecule has 5 heteroatoms. The summed E-state index contributed by atoms with van der Waals surface area (Å²) in [6, 6.07) is 7.42. The molecule has 0 bridgehead atoms. The van der Waals surface area contributed by atoms with Gasteiger partial charge in [0.2, 0.25) is 5.91 Å². The first-order valence-corrected chi connectivity index (χ1v) is 6.61. The van der Waals surface area contributed by atoms with Gasteiger partial charge in [-0.25, -0.2) is 0 Å². The van der Waals surface area contributed by atoms with Crippen LogP contribution in [0.2, 0.25) is 0 Å². The Bertz CT molecular complexity index is 413. The zero-order valence-corrected chi connectivity index (χ0v) is 11.3. The summed E-state index contributed by atoms with van der Waals surface area (Å²) in [6.07, 6.45) is 0. The lowest BCUT2D eigenvalue weighted by atomic mass is 10.2. The van der Waals surface area contributed by atoms with E-state index >= 15 is 0 Å². The number of carbonyl (C=O) groups is 1. The highest BCUT2D eigenvalue weighted by atomic mass is 16.5. The third-order valence-corrected chi connectivity index (χ3v) is 3.42. The predicted molar refractivity (Wildman–Crippen MR) is 74.6 cm³/mol. The number of nitrogens with two attached hydrogens (primary N) is 1. The number of hydrogen-bond donors (Lipinski definition) is 2. The number of hydrogen-bond acceptors (Lipinski definition) is 4. The van der Waals surface area contributed by atoms with E-state index in [1.807, 2.05) is 31.2 Å². The second kappa shape index (κ2) is 6.54. The fraction of sp³-hybridized carbons (Fsp3) is 0.500. The van der Waals surface area contributed by atoms with Gasteiger partial charge in [0.1, 0.15) is 0 Å². The Kier molecular flexibility index (Phi) is 4.76. The van der Waals surface area contributed by atoms with Crippen molar-refractivity contribution in [1.82, 2.24) is 10.2 Å². The number of morpholine rings is 1. The van der Waals surface area contributed by atoms with Gasteiger partial charge in [0.15, 0.2) is 0 Å². The van der Waals surface area contributed by atoms with Crippen LogP contribution in [0.4, 0.5) is 5.69 Å². The highest BCUT2D eigenvalue weighted by Gasteiger charge is 2.22. The smallest absolute Gasteiger partial charge is 0.237 e. The monoisotopic (exact) mass is 263 g/mol. The molecule has 0 saturated carbocycles. The summed E-state index contributed by atoms with van der Waals surface area (Å²) >= 11 is 0. The normalized spacial score (nSPS) is 17.9. The number of benzene rings is 1. The first-order valence-electron chi connectivity index (χ1n) is 6.61. The fourth-order valence-corrected chi connectivity index (χ4v) is 2.10. The molecule has 1 atom stereocenters. The molecule has 5 nitrogen and oxygen atoms in total. The number of ether oxygens (including phenoxy) is 1. The molecular weight excluding hydrogens is 242 g/mol. The van der Waals surface area contributed by atoms with Crippen LogP contribution in [0.5, 0.6) is 0 Å². The SMILES string of the molecule is CC(C(=O)NCc1ccc(N)cc1)N1CCOCC1. The maximum absolute atomic E-state index is 12.1. The molecule has 1 aromatic rings. The van der Waals surface area contributed by atoms with Gasteiger partial charge < -0.3 is 15.8 Å². The van der Waals surface area contributed by atoms with Crippen LogP contribution in [-0.2, 0) is 16.1 Å². The summed E-state index contributed by atoms with van der Waals surface area (Å²) < 4.78 is 5.28. The average Bonchev–Trinajstić information content (AvgIpc) is 2.46. The van der Waals surface area contributed by atoms with Gasteiger partial charge in [0.25, 0.3) is 0 Å². The van der Waals surface area contributed by atoms with Gasteiger partial charge in [0, 0.05) is 25.3 Å². The largest absolute Gasteiger partial charge is 0.399 e. The average molecular weight is 263 g/mol. The minimum Gasteiger partial charge on any atom is -0.399 e. The van der Waals surface area contributed by atoms with Crippen molar-refractivity contribution in [2.45, 2.75) is 19.5 Å². The highest BCUT2D eigenvalue weighted by molar-refractivity contribution is 5.81. The van der Waals surface area contributed by atoms with Crippen molar-refractivity contribution in [2.75, 3.05) is 32.0 Å². The van der Waals surface area contributed by atoms with Crippen molar-refractivity contribution in [2.24, 2.45) is 0 Å². The number of nitrogens with zero attached hydrogens (tertiary/aromatic N) is 1. The Morgan fingerprint density at radius 1 is 1.37 bits per heavy atom. The van der Waals surface area contributed by atoms with Gasteiger partial charge >= 0.3 is 0 Å². The van der Waals surface area contributed by atoms with Crippen molar-refractivity contribution in [3.05, 3.63) is 29.8 Å². The van der Waals surface area contributed by atoms with E-state index in [4.69, 9.17) is 10.5 Å². The third-order valence-electron chi connectivity index (χ3n) is 3.42. The quantitative estimate of drug-likeness (QED) is 0.781. The Morgan fingerprint density at radius 3 is 2.63 bits per heavy atom. The van der Waals surface area contributed by atoms with E-state index in [9.17, 15) is 4.79 Å². The molecule has 0 radical (unpaired) electrons. The lowest BCUT2D eigenvalue weighted by Gasteiger charge is -2.31. The van der Waals surface area contributed by atoms with Crippen LogP contribution in [0.25, 0.3) is 0 Å². The molecule has 104 valence electrons. The molecule has 1 heterocycles. The molecule has 19 heavy (non-hydrogen) atoms. The zero-order valence-electron chi connectivity index (χ0n) is 11.3. The molecule has 1 aliphatic rings. The van der Waals surface area contributed by atoms with E-state index in [0.29, 0.717) is 19.8 Å². The molecule has 0 aliphatic carbocycles. The van der Waals surface area contributed by atoms with Gasteiger partial charge in [0.05, 0.1) is 19.3 Å². The predicted octanol–water partition coefficient (Wildman–Crippen LogP) is 0.606. The standard InChI is InChI=1S/C14H21N3O2/c1-11(17-6-8-19-9-7-17)14(18)16-10-12-2-4-13(15)5-3-12/h2-5,11H,6-10,15H2,1H3,(H,16,18). The summed E-state index contributed by atoms with van der Waals surface area (Å²) in [4.78, 5) is 14.2. The lowest BCUT2D eigenvalue weighted by Crippen LogP contribution is -2.49. The number of nitrogens with one attached hydrogen (secondary N) is 1. The van der Waals surface area contributed by atoms with Gasteiger partial charge in [-0.2, -0.15) is 0 Å². The first kappa shape index (κ1) is 13.8. The van der Waals surface area contributed by atoms with Crippen molar-refractivity contribution < 1.29 is 9.53 Å². The van der Waals surface area contributed by atoms with E-state index in [-0.39, 0.29) is 11.9 Å². The molecule has 3 N–H and O–H groups in total. The second-order valence-corrected chi connectivity index (χ2v) is 4.78. The second-order valence-electron chi connectivity index (χ2n) is 4.78. The molecule has 1 saturated heterocycles. The van der Waals surface area contributed by atoms with Crippen LogP contribution in [-0.4, -0.2) is 43.2 Å². The van der Waals surface area contributed by atoms with Crippen LogP contribution in [0.3, 0.4) is 0 Å². The van der Waals surface area contributed by atoms with Gasteiger partial charge in [-0.15, -0.1) is 0 Å². The maximum Gasteiger partial charge on any atom is 0.237 e. The number of carbonyl (C=O) groups excluding carboxylic acids is 1. The van der Waals surface area contributed by atoms with Crippen molar-refractivity contribution in [3.8, 4) is 0 Å². The summed E-state index contributed by atoms with van der Waals surface area (Å²) in [7, 11) is 0. The van der Waals surface area contributed by atoms with Gasteiger partial charge in [-0.3, -0.25) is 9.69 Å². The van der Waals surface area contributed by atoms with E-state index in [2.05, 4.69) is 10.2 Å². The fourth-order valence-electron chi connectivity index (χ4n) is 2.10. The molecular formula is C14H21N3O2.